The smallest absolute Gasteiger partial charge is 0.252 e. The maximum atomic E-state index is 13.3. The van der Waals surface area contributed by atoms with Gasteiger partial charge in [-0.3, -0.25) is 4.79 Å². The van der Waals surface area contributed by atoms with Gasteiger partial charge >= 0.3 is 0 Å². The molecule has 0 heterocycles. The molecule has 20 heavy (non-hydrogen) atoms. The minimum Gasteiger partial charge on any atom is -0.395 e. The third kappa shape index (κ3) is 5.41. The molecule has 0 aliphatic carbocycles. The minimum absolute atomic E-state index is 0.0376. The van der Waals surface area contributed by atoms with Crippen LogP contribution >= 0.6 is 0 Å². The first-order valence-corrected chi connectivity index (χ1v) is 6.72. The van der Waals surface area contributed by atoms with Crippen LogP contribution in [0.15, 0.2) is 18.2 Å². The Labute approximate surface area is 119 Å². The molecule has 0 spiro atoms. The van der Waals surface area contributed by atoms with Gasteiger partial charge in [-0.05, 0) is 30.5 Å². The van der Waals surface area contributed by atoms with Gasteiger partial charge in [-0.15, -0.1) is 0 Å². The molecule has 0 radical (unpaired) electrons. The van der Waals surface area contributed by atoms with Crippen LogP contribution in [0.25, 0.3) is 0 Å². The summed E-state index contributed by atoms with van der Waals surface area (Å²) in [6.45, 7) is 4.65. The van der Waals surface area contributed by atoms with Crippen molar-refractivity contribution in [2.24, 2.45) is 5.92 Å². The molecule has 1 aromatic rings. The normalized spacial score (nSPS) is 10.1. The highest BCUT2D eigenvalue weighted by molar-refractivity contribution is 5.96. The number of rotatable bonds is 5. The lowest BCUT2D eigenvalue weighted by molar-refractivity contribution is 0.0951. The summed E-state index contributed by atoms with van der Waals surface area (Å²) in [5, 5.41) is 11.5. The Morgan fingerprint density at radius 2 is 2.20 bits per heavy atom. The van der Waals surface area contributed by atoms with Crippen molar-refractivity contribution in [1.82, 2.24) is 5.32 Å². The van der Waals surface area contributed by atoms with Gasteiger partial charge in [0, 0.05) is 18.5 Å². The predicted octanol–water partition coefficient (Wildman–Crippen LogP) is 2.34. The Balaban J connectivity index is 2.83. The number of nitrogens with one attached hydrogen (secondary N) is 1. The number of carbonyl (C=O) groups is 1. The molecule has 0 unspecified atom stereocenters. The van der Waals surface area contributed by atoms with E-state index in [4.69, 9.17) is 5.11 Å². The fraction of sp³-hybridized carbons (Fsp3) is 0.438. The largest absolute Gasteiger partial charge is 0.395 e. The lowest BCUT2D eigenvalue weighted by Crippen LogP contribution is -2.26. The van der Waals surface area contributed by atoms with Crippen LogP contribution in [0.5, 0.6) is 0 Å². The summed E-state index contributed by atoms with van der Waals surface area (Å²) in [4.78, 5) is 12.0. The van der Waals surface area contributed by atoms with E-state index in [0.29, 0.717) is 24.4 Å². The van der Waals surface area contributed by atoms with E-state index in [1.165, 1.54) is 18.2 Å². The van der Waals surface area contributed by atoms with Crippen molar-refractivity contribution in [1.29, 1.82) is 0 Å². The standard InChI is InChI=1S/C16H20FNO2/c1-12(2)8-9-18-16(20)15-11-14(17)7-6-13(15)5-3-4-10-19/h6-7,11-12,19H,4,8-10H2,1-2H3,(H,18,20). The van der Waals surface area contributed by atoms with E-state index in [2.05, 4.69) is 31.0 Å². The summed E-state index contributed by atoms with van der Waals surface area (Å²) in [5.74, 6) is 5.23. The van der Waals surface area contributed by atoms with E-state index < -0.39 is 5.82 Å². The summed E-state index contributed by atoms with van der Waals surface area (Å²) >= 11 is 0. The highest BCUT2D eigenvalue weighted by Crippen LogP contribution is 2.11. The van der Waals surface area contributed by atoms with Gasteiger partial charge in [0.2, 0.25) is 0 Å². The second-order valence-electron chi connectivity index (χ2n) is 4.90. The molecule has 0 aromatic heterocycles. The summed E-state index contributed by atoms with van der Waals surface area (Å²) in [6.07, 6.45) is 1.19. The van der Waals surface area contributed by atoms with Crippen molar-refractivity contribution in [2.45, 2.75) is 26.7 Å². The van der Waals surface area contributed by atoms with Gasteiger partial charge in [0.1, 0.15) is 5.82 Å². The van der Waals surface area contributed by atoms with E-state index in [1.807, 2.05) is 0 Å². The molecule has 0 saturated carbocycles. The number of hydrogen-bond donors (Lipinski definition) is 2. The molecule has 108 valence electrons. The summed E-state index contributed by atoms with van der Waals surface area (Å²) < 4.78 is 13.3. The minimum atomic E-state index is -0.466. The molecule has 0 bridgehead atoms. The number of aliphatic hydroxyl groups excluding tert-OH is 1. The zero-order valence-corrected chi connectivity index (χ0v) is 11.9. The third-order valence-corrected chi connectivity index (χ3v) is 2.69. The lowest BCUT2D eigenvalue weighted by Gasteiger charge is -2.08. The molecule has 0 saturated heterocycles. The molecule has 0 atom stereocenters. The Morgan fingerprint density at radius 1 is 1.45 bits per heavy atom. The van der Waals surface area contributed by atoms with Crippen molar-refractivity contribution >= 4 is 5.91 Å². The Hall–Kier alpha value is -1.86. The van der Waals surface area contributed by atoms with Gasteiger partial charge in [-0.1, -0.05) is 25.7 Å². The van der Waals surface area contributed by atoms with Crippen LogP contribution in [0.3, 0.4) is 0 Å². The van der Waals surface area contributed by atoms with E-state index in [-0.39, 0.29) is 18.1 Å². The van der Waals surface area contributed by atoms with Gasteiger partial charge in [0.25, 0.3) is 5.91 Å². The van der Waals surface area contributed by atoms with E-state index in [0.717, 1.165) is 6.42 Å². The number of benzene rings is 1. The zero-order valence-electron chi connectivity index (χ0n) is 11.9. The summed E-state index contributed by atoms with van der Waals surface area (Å²) in [7, 11) is 0. The van der Waals surface area contributed by atoms with Gasteiger partial charge in [-0.25, -0.2) is 4.39 Å². The fourth-order valence-corrected chi connectivity index (χ4v) is 1.60. The SMILES string of the molecule is CC(C)CCNC(=O)c1cc(F)ccc1C#CCCO. The van der Waals surface area contributed by atoms with Gasteiger partial charge < -0.3 is 10.4 Å². The van der Waals surface area contributed by atoms with Crippen LogP contribution in [0.4, 0.5) is 4.39 Å². The fourth-order valence-electron chi connectivity index (χ4n) is 1.60. The average Bonchev–Trinajstić information content (AvgIpc) is 2.40. The van der Waals surface area contributed by atoms with E-state index in [1.54, 1.807) is 0 Å². The number of aliphatic hydroxyl groups is 1. The molecule has 1 aromatic carbocycles. The molecule has 1 rings (SSSR count). The molecule has 3 nitrogen and oxygen atoms in total. The van der Waals surface area contributed by atoms with Gasteiger partial charge in [-0.2, -0.15) is 0 Å². The van der Waals surface area contributed by atoms with Crippen LogP contribution in [-0.4, -0.2) is 24.2 Å². The van der Waals surface area contributed by atoms with Crippen LogP contribution in [0.1, 0.15) is 42.6 Å². The Bertz CT molecular complexity index is 515. The predicted molar refractivity (Wildman–Crippen MR) is 76.8 cm³/mol. The highest BCUT2D eigenvalue weighted by atomic mass is 19.1. The van der Waals surface area contributed by atoms with Crippen molar-refractivity contribution in [3.63, 3.8) is 0 Å². The first-order valence-electron chi connectivity index (χ1n) is 6.72. The van der Waals surface area contributed by atoms with Crippen molar-refractivity contribution in [3.05, 3.63) is 35.1 Å². The van der Waals surface area contributed by atoms with Crippen LogP contribution in [0, 0.1) is 23.6 Å². The molecule has 1 amide bonds. The number of hydrogen-bond acceptors (Lipinski definition) is 2. The van der Waals surface area contributed by atoms with Gasteiger partial charge in [0.15, 0.2) is 0 Å². The number of carbonyl (C=O) groups excluding carboxylic acids is 1. The van der Waals surface area contributed by atoms with E-state index >= 15 is 0 Å². The molecular formula is C16H20FNO2. The van der Waals surface area contributed by atoms with Crippen LogP contribution < -0.4 is 5.32 Å². The van der Waals surface area contributed by atoms with Crippen molar-refractivity contribution < 1.29 is 14.3 Å². The number of amides is 1. The third-order valence-electron chi connectivity index (χ3n) is 2.69. The van der Waals surface area contributed by atoms with Gasteiger partial charge in [0.05, 0.1) is 12.2 Å². The zero-order chi connectivity index (χ0) is 15.0. The monoisotopic (exact) mass is 277 g/mol. The summed E-state index contributed by atoms with van der Waals surface area (Å²) in [5.41, 5.74) is 0.709. The molecule has 0 aliphatic heterocycles. The van der Waals surface area contributed by atoms with Crippen LogP contribution in [-0.2, 0) is 0 Å². The molecule has 2 N–H and O–H groups in total. The van der Waals surface area contributed by atoms with Crippen molar-refractivity contribution in [3.8, 4) is 11.8 Å². The number of halogens is 1. The quantitative estimate of drug-likeness (QED) is 0.812. The summed E-state index contributed by atoms with van der Waals surface area (Å²) in [6, 6.07) is 3.94. The Kier molecular flexibility index (Phi) is 6.75. The maximum Gasteiger partial charge on any atom is 0.252 e. The first-order chi connectivity index (χ1) is 9.54. The molecule has 4 heteroatoms. The van der Waals surface area contributed by atoms with E-state index in [9.17, 15) is 9.18 Å². The maximum absolute atomic E-state index is 13.3. The molecule has 0 aliphatic rings. The lowest BCUT2D eigenvalue weighted by atomic mass is 10.1. The highest BCUT2D eigenvalue weighted by Gasteiger charge is 2.11. The molecule has 0 fully saturated rings. The first kappa shape index (κ1) is 16.2. The molecular weight excluding hydrogens is 257 g/mol. The van der Waals surface area contributed by atoms with Crippen LogP contribution in [0.2, 0.25) is 0 Å². The van der Waals surface area contributed by atoms with Crippen molar-refractivity contribution in [2.75, 3.05) is 13.2 Å². The average molecular weight is 277 g/mol. The Morgan fingerprint density at radius 3 is 2.85 bits per heavy atom. The topological polar surface area (TPSA) is 49.3 Å². The second kappa shape index (κ2) is 8.34. The second-order valence-corrected chi connectivity index (χ2v) is 4.90.